The lowest BCUT2D eigenvalue weighted by molar-refractivity contribution is -0.149. The lowest BCUT2D eigenvalue weighted by atomic mass is 9.93. The second kappa shape index (κ2) is 11.7. The van der Waals surface area contributed by atoms with E-state index >= 15 is 0 Å². The van der Waals surface area contributed by atoms with Crippen molar-refractivity contribution in [2.45, 2.75) is 39.7 Å². The van der Waals surface area contributed by atoms with Crippen molar-refractivity contribution in [3.63, 3.8) is 0 Å². The van der Waals surface area contributed by atoms with E-state index in [0.717, 1.165) is 0 Å². The molecule has 1 saturated heterocycles. The van der Waals surface area contributed by atoms with Crippen LogP contribution < -0.4 is 15.4 Å². The number of urea groups is 1. The maximum absolute atomic E-state index is 13.0. The first-order valence-corrected chi connectivity index (χ1v) is 11.6. The number of para-hydroxylation sites is 1. The summed E-state index contributed by atoms with van der Waals surface area (Å²) in [6.45, 7) is 8.16. The third-order valence-corrected chi connectivity index (χ3v) is 5.77. The molecule has 0 unspecified atom stereocenters. The largest absolute Gasteiger partial charge is 0.494 e. The molecule has 3 rings (SSSR count). The highest BCUT2D eigenvalue weighted by atomic mass is 16.5. The van der Waals surface area contributed by atoms with Gasteiger partial charge in [0.2, 0.25) is 0 Å². The first-order chi connectivity index (χ1) is 16.0. The molecular weight excluding hydrogens is 426 g/mol. The van der Waals surface area contributed by atoms with E-state index in [2.05, 4.69) is 15.5 Å². The van der Waals surface area contributed by atoms with E-state index in [0.29, 0.717) is 68.3 Å². The van der Waals surface area contributed by atoms with Crippen molar-refractivity contribution in [1.82, 2.24) is 15.5 Å². The molecule has 0 radical (unpaired) electrons. The van der Waals surface area contributed by atoms with Crippen molar-refractivity contribution >= 4 is 18.0 Å². The molecule has 180 valence electrons. The average molecular weight is 460 g/mol. The quantitative estimate of drug-likeness (QED) is 0.547. The van der Waals surface area contributed by atoms with Crippen LogP contribution >= 0.6 is 0 Å². The number of benzene rings is 1. The third kappa shape index (κ3) is 6.04. The van der Waals surface area contributed by atoms with Crippen LogP contribution in [0.5, 0.6) is 5.75 Å². The molecule has 0 aromatic heterocycles. The monoisotopic (exact) mass is 459 g/mol. The molecule has 2 heterocycles. The van der Waals surface area contributed by atoms with Crippen LogP contribution in [0, 0.1) is 5.92 Å². The van der Waals surface area contributed by atoms with E-state index in [9.17, 15) is 14.4 Å². The van der Waals surface area contributed by atoms with Gasteiger partial charge in [-0.05, 0) is 52.8 Å². The van der Waals surface area contributed by atoms with Crippen LogP contribution in [0.4, 0.5) is 4.79 Å². The normalized spacial score (nSPS) is 19.5. The summed E-state index contributed by atoms with van der Waals surface area (Å²) >= 11 is 0. The summed E-state index contributed by atoms with van der Waals surface area (Å²) in [7, 11) is 0. The van der Waals surface area contributed by atoms with Crippen molar-refractivity contribution < 1.29 is 28.6 Å². The van der Waals surface area contributed by atoms with Gasteiger partial charge in [0, 0.05) is 17.8 Å². The lowest BCUT2D eigenvalue weighted by Crippen LogP contribution is -2.49. The molecule has 0 bridgehead atoms. The topological polar surface area (TPSA) is 106 Å². The predicted octanol–water partition coefficient (Wildman–Crippen LogP) is 2.53. The van der Waals surface area contributed by atoms with Crippen LogP contribution in [-0.2, 0) is 19.1 Å². The Hall–Kier alpha value is -3.07. The number of carbonyl (C=O) groups excluding carboxylic acids is 3. The lowest BCUT2D eigenvalue weighted by Gasteiger charge is -2.35. The minimum atomic E-state index is -0.701. The highest BCUT2D eigenvalue weighted by Crippen LogP contribution is 2.34. The summed E-state index contributed by atoms with van der Waals surface area (Å²) in [6, 6.07) is 6.25. The highest BCUT2D eigenvalue weighted by molar-refractivity contribution is 5.95. The molecule has 1 atom stereocenters. The van der Waals surface area contributed by atoms with Crippen LogP contribution in [0.25, 0.3) is 0 Å². The van der Waals surface area contributed by atoms with Crippen LogP contribution in [0.1, 0.15) is 45.2 Å². The Morgan fingerprint density at radius 2 is 1.73 bits per heavy atom. The maximum atomic E-state index is 13.0. The van der Waals surface area contributed by atoms with Gasteiger partial charge in [0.1, 0.15) is 5.75 Å². The molecule has 2 N–H and O–H groups in total. The Balaban J connectivity index is 1.88. The number of ether oxygens (including phenoxy) is 3. The van der Waals surface area contributed by atoms with E-state index in [1.54, 1.807) is 13.8 Å². The van der Waals surface area contributed by atoms with Gasteiger partial charge in [-0.1, -0.05) is 18.2 Å². The molecule has 9 heteroatoms. The number of likely N-dealkylation sites (tertiary alicyclic amines) is 1. The van der Waals surface area contributed by atoms with Crippen LogP contribution in [-0.4, -0.2) is 62.3 Å². The summed E-state index contributed by atoms with van der Waals surface area (Å²) in [5.41, 5.74) is 1.55. The van der Waals surface area contributed by atoms with Crippen molar-refractivity contribution in [1.29, 1.82) is 0 Å². The van der Waals surface area contributed by atoms with E-state index in [1.165, 1.54) is 0 Å². The number of piperidine rings is 1. The Bertz CT molecular complexity index is 892. The number of nitrogens with zero attached hydrogens (tertiary/aromatic N) is 1. The fourth-order valence-corrected chi connectivity index (χ4v) is 4.24. The van der Waals surface area contributed by atoms with E-state index < -0.39 is 18.0 Å². The third-order valence-electron chi connectivity index (χ3n) is 5.77. The van der Waals surface area contributed by atoms with E-state index in [-0.39, 0.29) is 18.5 Å². The van der Waals surface area contributed by atoms with Gasteiger partial charge < -0.3 is 24.8 Å². The summed E-state index contributed by atoms with van der Waals surface area (Å²) < 4.78 is 16.3. The number of carbonyl (C=O) groups is 3. The molecule has 1 aromatic carbocycles. The Morgan fingerprint density at radius 3 is 2.39 bits per heavy atom. The molecule has 0 saturated carbocycles. The zero-order valence-corrected chi connectivity index (χ0v) is 19.5. The Labute approximate surface area is 194 Å². The Kier molecular flexibility index (Phi) is 8.71. The number of esters is 2. The van der Waals surface area contributed by atoms with E-state index in [1.807, 2.05) is 31.2 Å². The molecule has 9 nitrogen and oxygen atoms in total. The van der Waals surface area contributed by atoms with Gasteiger partial charge >= 0.3 is 18.0 Å². The van der Waals surface area contributed by atoms with Gasteiger partial charge in [-0.25, -0.2) is 9.59 Å². The van der Waals surface area contributed by atoms with Crippen molar-refractivity contribution in [2.75, 3.05) is 39.5 Å². The Morgan fingerprint density at radius 1 is 1.03 bits per heavy atom. The van der Waals surface area contributed by atoms with E-state index in [4.69, 9.17) is 14.2 Å². The minimum absolute atomic E-state index is 0.117. The molecule has 0 aliphatic carbocycles. The maximum Gasteiger partial charge on any atom is 0.338 e. The first-order valence-electron chi connectivity index (χ1n) is 11.6. The molecular formula is C24H33N3O6. The number of rotatable bonds is 9. The highest BCUT2D eigenvalue weighted by Gasteiger charge is 2.36. The molecule has 1 fully saturated rings. The second-order valence-electron chi connectivity index (χ2n) is 7.92. The summed E-state index contributed by atoms with van der Waals surface area (Å²) in [5, 5.41) is 5.67. The fraction of sp³-hybridized carbons (Fsp3) is 0.542. The molecule has 2 aliphatic heterocycles. The van der Waals surface area contributed by atoms with Crippen molar-refractivity contribution in [3.8, 4) is 5.75 Å². The van der Waals surface area contributed by atoms with Crippen LogP contribution in [0.15, 0.2) is 35.5 Å². The second-order valence-corrected chi connectivity index (χ2v) is 7.92. The predicted molar refractivity (Wildman–Crippen MR) is 121 cm³/mol. The molecule has 33 heavy (non-hydrogen) atoms. The smallest absolute Gasteiger partial charge is 0.338 e. The fourth-order valence-electron chi connectivity index (χ4n) is 4.24. The van der Waals surface area contributed by atoms with Crippen molar-refractivity contribution in [3.05, 3.63) is 41.1 Å². The van der Waals surface area contributed by atoms with Crippen LogP contribution in [0.2, 0.25) is 0 Å². The van der Waals surface area contributed by atoms with Gasteiger partial charge in [-0.3, -0.25) is 9.69 Å². The van der Waals surface area contributed by atoms with Gasteiger partial charge in [-0.15, -0.1) is 0 Å². The number of nitrogens with one attached hydrogen (secondary N) is 2. The minimum Gasteiger partial charge on any atom is -0.494 e. The molecule has 1 aromatic rings. The number of hydrogen-bond acceptors (Lipinski definition) is 7. The standard InChI is InChI=1S/C24H33N3O6/c1-4-31-19-10-8-7-9-17(19)21-20(23(29)33-6-3)18(25-24(30)26-21)15-27-13-11-16(12-14-27)22(28)32-5-2/h7-10,16,21H,4-6,11-15H2,1-3H3,(H2,25,26,30)/t21-/m1/s1. The van der Waals surface area contributed by atoms with Crippen LogP contribution in [0.3, 0.4) is 0 Å². The SMILES string of the molecule is CCOC(=O)C1=C(CN2CCC(C(=O)OCC)CC2)NC(=O)N[C@@H]1c1ccccc1OCC. The summed E-state index contributed by atoms with van der Waals surface area (Å²) in [4.78, 5) is 39.8. The number of amides is 2. The molecule has 2 amide bonds. The van der Waals surface area contributed by atoms with Gasteiger partial charge in [-0.2, -0.15) is 0 Å². The zero-order valence-electron chi connectivity index (χ0n) is 19.5. The zero-order chi connectivity index (χ0) is 23.8. The van der Waals surface area contributed by atoms with Gasteiger partial charge in [0.15, 0.2) is 0 Å². The average Bonchev–Trinajstić information content (AvgIpc) is 2.80. The van der Waals surface area contributed by atoms with Gasteiger partial charge in [0.25, 0.3) is 0 Å². The molecule has 2 aliphatic rings. The molecule has 0 spiro atoms. The first kappa shape index (κ1) is 24.6. The number of hydrogen-bond donors (Lipinski definition) is 2. The summed E-state index contributed by atoms with van der Waals surface area (Å²) in [5.74, 6) is -0.166. The van der Waals surface area contributed by atoms with Crippen molar-refractivity contribution in [2.24, 2.45) is 5.92 Å². The van der Waals surface area contributed by atoms with Gasteiger partial charge in [0.05, 0.1) is 37.4 Å². The summed E-state index contributed by atoms with van der Waals surface area (Å²) in [6.07, 6.45) is 1.34.